The van der Waals surface area contributed by atoms with Crippen molar-refractivity contribution in [2.75, 3.05) is 0 Å². The maximum atomic E-state index is 11.0. The van der Waals surface area contributed by atoms with Crippen molar-refractivity contribution in [3.63, 3.8) is 0 Å². The summed E-state index contributed by atoms with van der Waals surface area (Å²) in [5.74, 6) is 0. The van der Waals surface area contributed by atoms with E-state index in [-0.39, 0.29) is 0 Å². The highest BCUT2D eigenvalue weighted by molar-refractivity contribution is 6.14. The van der Waals surface area contributed by atoms with Crippen LogP contribution in [0.15, 0.2) is 237 Å². The molecule has 0 aliphatic carbocycles. The first kappa shape index (κ1) is 37.1. The van der Waals surface area contributed by atoms with E-state index in [9.17, 15) is 5.26 Å². The van der Waals surface area contributed by atoms with E-state index < -0.39 is 0 Å². The van der Waals surface area contributed by atoms with Gasteiger partial charge < -0.3 is 9.13 Å². The molecule has 298 valence electrons. The number of fused-ring (bicyclic) bond motifs is 6. The van der Waals surface area contributed by atoms with Crippen LogP contribution in [0.1, 0.15) is 5.56 Å². The average molecular weight is 814 g/mol. The topological polar surface area (TPSA) is 33.6 Å². The number of aromatic nitrogens is 2. The molecule has 0 saturated carbocycles. The molecule has 0 radical (unpaired) electrons. The van der Waals surface area contributed by atoms with Crippen LogP contribution < -0.4 is 0 Å². The summed E-state index contributed by atoms with van der Waals surface area (Å²) >= 11 is 0. The van der Waals surface area contributed by atoms with Crippen molar-refractivity contribution in [1.82, 2.24) is 9.13 Å². The van der Waals surface area contributed by atoms with Crippen LogP contribution in [0.25, 0.3) is 111 Å². The van der Waals surface area contributed by atoms with E-state index in [1.165, 1.54) is 11.1 Å². The minimum absolute atomic E-state index is 0.579. The first-order valence-corrected chi connectivity index (χ1v) is 21.7. The second-order valence-corrected chi connectivity index (χ2v) is 16.4. The van der Waals surface area contributed by atoms with Crippen molar-refractivity contribution < 1.29 is 0 Å². The van der Waals surface area contributed by atoms with E-state index in [1.807, 2.05) is 0 Å². The molecule has 0 fully saturated rings. The zero-order valence-corrected chi connectivity index (χ0v) is 34.9. The Balaban J connectivity index is 1.22. The van der Waals surface area contributed by atoms with Gasteiger partial charge in [-0.3, -0.25) is 0 Å². The molecule has 0 saturated heterocycles. The number of nitriles is 1. The van der Waals surface area contributed by atoms with E-state index in [2.05, 4.69) is 252 Å². The second-order valence-electron chi connectivity index (χ2n) is 16.4. The highest BCUT2D eigenvalue weighted by Crippen LogP contribution is 2.45. The minimum Gasteiger partial charge on any atom is -0.308 e. The van der Waals surface area contributed by atoms with Gasteiger partial charge in [0.15, 0.2) is 0 Å². The summed E-state index contributed by atoms with van der Waals surface area (Å²) in [6, 6.07) is 87.0. The molecule has 3 nitrogen and oxygen atoms in total. The van der Waals surface area contributed by atoms with Crippen LogP contribution in [-0.4, -0.2) is 9.13 Å². The maximum absolute atomic E-state index is 11.0. The van der Waals surface area contributed by atoms with Gasteiger partial charge in [0.05, 0.1) is 45.1 Å². The first-order valence-electron chi connectivity index (χ1n) is 21.7. The monoisotopic (exact) mass is 813 g/mol. The predicted molar refractivity (Wildman–Crippen MR) is 267 cm³/mol. The van der Waals surface area contributed by atoms with Crippen molar-refractivity contribution in [2.45, 2.75) is 0 Å². The zero-order chi connectivity index (χ0) is 42.6. The molecule has 12 aromatic rings. The third-order valence-electron chi connectivity index (χ3n) is 12.7. The standard InChI is InChI=1S/C61H39N3/c62-40-41-34-59(63-55-32-28-47(42-16-6-1-7-17-42)36-53(55)51-30-26-49(38-57(51)63)44-20-10-3-11-21-44)61(46-24-14-5-15-25-46)60(35-41)64-56-33-29-48(43-18-8-2-9-19-43)37-54(56)52-31-27-50(39-58(52)64)45-22-12-4-13-23-45/h1-39H. The Morgan fingerprint density at radius 2 is 0.594 bits per heavy atom. The van der Waals surface area contributed by atoms with Gasteiger partial charge in [-0.25, -0.2) is 0 Å². The minimum atomic E-state index is 0.579. The normalized spacial score (nSPS) is 11.4. The average Bonchev–Trinajstić information content (AvgIpc) is 3.88. The molecule has 0 aliphatic rings. The summed E-state index contributed by atoms with van der Waals surface area (Å²) < 4.78 is 4.80. The quantitative estimate of drug-likeness (QED) is 0.158. The van der Waals surface area contributed by atoms with Gasteiger partial charge in [-0.15, -0.1) is 0 Å². The van der Waals surface area contributed by atoms with Gasteiger partial charge >= 0.3 is 0 Å². The lowest BCUT2D eigenvalue weighted by atomic mass is 9.97. The molecular weight excluding hydrogens is 775 g/mol. The van der Waals surface area contributed by atoms with E-state index in [1.54, 1.807) is 0 Å². The molecule has 3 heteroatoms. The van der Waals surface area contributed by atoms with Crippen molar-refractivity contribution >= 4 is 43.6 Å². The summed E-state index contributed by atoms with van der Waals surface area (Å²) in [5.41, 5.74) is 18.0. The number of benzene rings is 10. The molecule has 0 unspecified atom stereocenters. The first-order chi connectivity index (χ1) is 31.7. The van der Waals surface area contributed by atoms with Gasteiger partial charge in [-0.2, -0.15) is 5.26 Å². The molecular formula is C61H39N3. The van der Waals surface area contributed by atoms with Crippen molar-refractivity contribution in [3.05, 3.63) is 242 Å². The number of hydrogen-bond acceptors (Lipinski definition) is 1. The van der Waals surface area contributed by atoms with Crippen molar-refractivity contribution in [2.24, 2.45) is 0 Å². The maximum Gasteiger partial charge on any atom is 0.0993 e. The number of hydrogen-bond donors (Lipinski definition) is 0. The summed E-state index contributed by atoms with van der Waals surface area (Å²) in [6.45, 7) is 0. The van der Waals surface area contributed by atoms with Crippen LogP contribution in [0.4, 0.5) is 0 Å². The van der Waals surface area contributed by atoms with Crippen LogP contribution in [0.3, 0.4) is 0 Å². The molecule has 0 N–H and O–H groups in total. The molecule has 2 heterocycles. The van der Waals surface area contributed by atoms with Gasteiger partial charge in [-0.1, -0.05) is 188 Å². The number of rotatable bonds is 7. The van der Waals surface area contributed by atoms with Gasteiger partial charge in [0.25, 0.3) is 0 Å². The third kappa shape index (κ3) is 6.20. The molecule has 10 aromatic carbocycles. The Morgan fingerprint density at radius 1 is 0.266 bits per heavy atom. The van der Waals surface area contributed by atoms with Gasteiger partial charge in [0.1, 0.15) is 0 Å². The van der Waals surface area contributed by atoms with E-state index in [0.717, 1.165) is 99.5 Å². The highest BCUT2D eigenvalue weighted by Gasteiger charge is 2.24. The Labute approximate surface area is 371 Å². The van der Waals surface area contributed by atoms with Gasteiger partial charge in [0, 0.05) is 27.1 Å². The summed E-state index contributed by atoms with van der Waals surface area (Å²) in [5, 5.41) is 15.6. The SMILES string of the molecule is N#Cc1cc(-n2c3ccc(-c4ccccc4)cc3c3ccc(-c4ccccc4)cc32)c(-c2ccccc2)c(-n2c3ccc(-c4ccccc4)cc3c3ccc(-c4ccccc4)cc32)c1. The molecule has 12 rings (SSSR count). The smallest absolute Gasteiger partial charge is 0.0993 e. The second kappa shape index (κ2) is 15.3. The molecule has 0 atom stereocenters. The van der Waals surface area contributed by atoms with Gasteiger partial charge in [0.2, 0.25) is 0 Å². The fraction of sp³-hybridized carbons (Fsp3) is 0. The Hall–Kier alpha value is -8.71. The fourth-order valence-electron chi connectivity index (χ4n) is 9.73. The molecule has 0 amide bonds. The van der Waals surface area contributed by atoms with Gasteiger partial charge in [-0.05, 0) is 98.6 Å². The predicted octanol–water partition coefficient (Wildman–Crippen LogP) is 16.1. The largest absolute Gasteiger partial charge is 0.308 e. The van der Waals surface area contributed by atoms with Crippen LogP contribution in [0, 0.1) is 11.3 Å². The third-order valence-corrected chi connectivity index (χ3v) is 12.7. The molecule has 0 aliphatic heterocycles. The van der Waals surface area contributed by atoms with Crippen molar-refractivity contribution in [1.29, 1.82) is 5.26 Å². The van der Waals surface area contributed by atoms with Crippen LogP contribution in [0.5, 0.6) is 0 Å². The lowest BCUT2D eigenvalue weighted by Gasteiger charge is -2.21. The lowest BCUT2D eigenvalue weighted by Crippen LogP contribution is -2.05. The summed E-state index contributed by atoms with van der Waals surface area (Å²) in [7, 11) is 0. The summed E-state index contributed by atoms with van der Waals surface area (Å²) in [6.07, 6.45) is 0. The molecule has 0 spiro atoms. The summed E-state index contributed by atoms with van der Waals surface area (Å²) in [4.78, 5) is 0. The van der Waals surface area contributed by atoms with E-state index in [4.69, 9.17) is 0 Å². The molecule has 0 bridgehead atoms. The molecule has 2 aromatic heterocycles. The Morgan fingerprint density at radius 3 is 0.953 bits per heavy atom. The lowest BCUT2D eigenvalue weighted by molar-refractivity contribution is 1.13. The Kier molecular flexibility index (Phi) is 8.88. The number of nitrogens with zero attached hydrogens (tertiary/aromatic N) is 3. The van der Waals surface area contributed by atoms with Crippen molar-refractivity contribution in [3.8, 4) is 73.1 Å². The van der Waals surface area contributed by atoms with Crippen LogP contribution >= 0.6 is 0 Å². The van der Waals surface area contributed by atoms with E-state index >= 15 is 0 Å². The van der Waals surface area contributed by atoms with E-state index in [0.29, 0.717) is 5.56 Å². The Bertz CT molecular complexity index is 3520. The fourth-order valence-corrected chi connectivity index (χ4v) is 9.73. The highest BCUT2D eigenvalue weighted by atomic mass is 15.0. The zero-order valence-electron chi connectivity index (χ0n) is 34.9. The molecule has 64 heavy (non-hydrogen) atoms. The van der Waals surface area contributed by atoms with Crippen LogP contribution in [0.2, 0.25) is 0 Å². The van der Waals surface area contributed by atoms with Crippen LogP contribution in [-0.2, 0) is 0 Å².